The molecule has 78 valence electrons. The molecule has 14 heavy (non-hydrogen) atoms. The number of nitrogens with two attached hydrogens (primary N) is 1. The van der Waals surface area contributed by atoms with Crippen molar-refractivity contribution in [3.63, 3.8) is 0 Å². The van der Waals surface area contributed by atoms with Crippen LogP contribution < -0.4 is 5.73 Å². The first-order chi connectivity index (χ1) is 6.06. The summed E-state index contributed by atoms with van der Waals surface area (Å²) in [6, 6.07) is 2.33. The van der Waals surface area contributed by atoms with Crippen molar-refractivity contribution in [2.75, 3.05) is 0 Å². The Labute approximate surface area is 94.6 Å². The summed E-state index contributed by atoms with van der Waals surface area (Å²) in [5.41, 5.74) is 5.61. The first-order valence-corrected chi connectivity index (χ1v) is 4.27. The quantitative estimate of drug-likeness (QED) is 0.875. The maximum Gasteiger partial charge on any atom is 0.336 e. The van der Waals surface area contributed by atoms with Crippen molar-refractivity contribution >= 4 is 34.3 Å². The van der Waals surface area contributed by atoms with Gasteiger partial charge < -0.3 is 10.8 Å². The van der Waals surface area contributed by atoms with Crippen LogP contribution in [-0.2, 0) is 6.54 Å². The van der Waals surface area contributed by atoms with E-state index in [4.69, 9.17) is 10.8 Å². The number of carboxylic acids is 1. The fraction of sp³-hybridized carbons (Fsp3) is 0.125. The Morgan fingerprint density at radius 1 is 1.57 bits per heavy atom. The van der Waals surface area contributed by atoms with Crippen LogP contribution in [0, 0.1) is 5.82 Å². The fourth-order valence-corrected chi connectivity index (χ4v) is 1.35. The van der Waals surface area contributed by atoms with Crippen LogP contribution in [0.1, 0.15) is 15.9 Å². The molecule has 0 aliphatic carbocycles. The highest BCUT2D eigenvalue weighted by atomic mass is 79.9. The van der Waals surface area contributed by atoms with Gasteiger partial charge in [-0.15, -0.1) is 12.4 Å². The van der Waals surface area contributed by atoms with Gasteiger partial charge in [-0.05, 0) is 33.6 Å². The lowest BCUT2D eigenvalue weighted by Gasteiger charge is -2.04. The van der Waals surface area contributed by atoms with E-state index in [0.29, 0.717) is 5.56 Å². The van der Waals surface area contributed by atoms with Crippen molar-refractivity contribution < 1.29 is 14.3 Å². The maximum absolute atomic E-state index is 12.9. The van der Waals surface area contributed by atoms with Gasteiger partial charge in [0.05, 0.1) is 10.0 Å². The molecule has 0 amide bonds. The summed E-state index contributed by atoms with van der Waals surface area (Å²) in [5, 5.41) is 8.67. The number of halogens is 3. The molecule has 3 N–H and O–H groups in total. The lowest BCUT2D eigenvalue weighted by Crippen LogP contribution is -2.07. The van der Waals surface area contributed by atoms with Gasteiger partial charge in [0.15, 0.2) is 0 Å². The predicted molar refractivity (Wildman–Crippen MR) is 56.2 cm³/mol. The van der Waals surface area contributed by atoms with Crippen LogP contribution in [0.15, 0.2) is 16.6 Å². The predicted octanol–water partition coefficient (Wildman–Crippen LogP) is 2.17. The lowest BCUT2D eigenvalue weighted by molar-refractivity contribution is 0.0695. The number of aromatic carboxylic acids is 1. The summed E-state index contributed by atoms with van der Waals surface area (Å²) < 4.78 is 13.1. The van der Waals surface area contributed by atoms with Gasteiger partial charge in [0.1, 0.15) is 5.82 Å². The third-order valence-electron chi connectivity index (χ3n) is 1.60. The molecule has 0 aliphatic rings. The molecule has 3 nitrogen and oxygen atoms in total. The van der Waals surface area contributed by atoms with E-state index in [2.05, 4.69) is 15.9 Å². The molecule has 1 aromatic rings. The molecule has 0 saturated heterocycles. The molecule has 0 unspecified atom stereocenters. The van der Waals surface area contributed by atoms with E-state index in [-0.39, 0.29) is 29.0 Å². The zero-order valence-electron chi connectivity index (χ0n) is 6.96. The van der Waals surface area contributed by atoms with E-state index < -0.39 is 11.8 Å². The minimum atomic E-state index is -1.17. The van der Waals surface area contributed by atoms with Crippen LogP contribution in [0.5, 0.6) is 0 Å². The Hall–Kier alpha value is -0.650. The van der Waals surface area contributed by atoms with Crippen LogP contribution in [0.3, 0.4) is 0 Å². The first-order valence-electron chi connectivity index (χ1n) is 3.47. The number of hydrogen-bond acceptors (Lipinski definition) is 2. The van der Waals surface area contributed by atoms with Crippen molar-refractivity contribution in [2.45, 2.75) is 6.54 Å². The highest BCUT2D eigenvalue weighted by molar-refractivity contribution is 9.10. The third-order valence-corrected chi connectivity index (χ3v) is 2.20. The van der Waals surface area contributed by atoms with E-state index in [1.165, 1.54) is 6.07 Å². The van der Waals surface area contributed by atoms with Gasteiger partial charge in [0, 0.05) is 6.54 Å². The summed E-state index contributed by atoms with van der Waals surface area (Å²) >= 11 is 2.95. The molecule has 0 saturated carbocycles. The van der Waals surface area contributed by atoms with Crippen molar-refractivity contribution in [2.24, 2.45) is 5.73 Å². The lowest BCUT2D eigenvalue weighted by atomic mass is 10.1. The van der Waals surface area contributed by atoms with E-state index in [1.54, 1.807) is 0 Å². The molecule has 0 fully saturated rings. The first kappa shape index (κ1) is 13.4. The number of carboxylic acid groups (broad SMARTS) is 1. The average Bonchev–Trinajstić information content (AvgIpc) is 2.08. The zero-order chi connectivity index (χ0) is 10.0. The molecule has 1 rings (SSSR count). The van der Waals surface area contributed by atoms with E-state index in [1.807, 2.05) is 0 Å². The second-order valence-electron chi connectivity index (χ2n) is 2.43. The summed E-state index contributed by atoms with van der Waals surface area (Å²) in [5.74, 6) is -1.78. The highest BCUT2D eigenvalue weighted by Gasteiger charge is 2.12. The monoisotopic (exact) mass is 283 g/mol. The number of benzene rings is 1. The van der Waals surface area contributed by atoms with Crippen molar-refractivity contribution in [1.29, 1.82) is 0 Å². The van der Waals surface area contributed by atoms with Crippen LogP contribution in [0.2, 0.25) is 0 Å². The number of rotatable bonds is 2. The van der Waals surface area contributed by atoms with Crippen molar-refractivity contribution in [3.8, 4) is 0 Å². The van der Waals surface area contributed by atoms with Gasteiger partial charge in [-0.2, -0.15) is 0 Å². The summed E-state index contributed by atoms with van der Waals surface area (Å²) in [4.78, 5) is 10.6. The minimum absolute atomic E-state index is 0. The van der Waals surface area contributed by atoms with Gasteiger partial charge in [-0.1, -0.05) is 0 Å². The SMILES string of the molecule is Cl.NCc1cc(Br)c(F)cc1C(=O)O. The molecular weight excluding hydrogens is 276 g/mol. The summed E-state index contributed by atoms with van der Waals surface area (Å²) in [6.07, 6.45) is 0. The maximum atomic E-state index is 12.9. The van der Waals surface area contributed by atoms with Gasteiger partial charge in [0.25, 0.3) is 0 Å². The zero-order valence-corrected chi connectivity index (χ0v) is 9.36. The molecule has 0 atom stereocenters. The van der Waals surface area contributed by atoms with Crippen LogP contribution in [0.25, 0.3) is 0 Å². The Morgan fingerprint density at radius 2 is 2.14 bits per heavy atom. The van der Waals surface area contributed by atoms with E-state index >= 15 is 0 Å². The Balaban J connectivity index is 0.00000169. The van der Waals surface area contributed by atoms with Gasteiger partial charge in [-0.3, -0.25) is 0 Å². The second kappa shape index (κ2) is 5.29. The molecule has 0 heterocycles. The molecule has 0 radical (unpaired) electrons. The van der Waals surface area contributed by atoms with E-state index in [0.717, 1.165) is 6.07 Å². The summed E-state index contributed by atoms with van der Waals surface area (Å²) in [6.45, 7) is 0.0700. The van der Waals surface area contributed by atoms with Gasteiger partial charge in [-0.25, -0.2) is 9.18 Å². The van der Waals surface area contributed by atoms with Gasteiger partial charge >= 0.3 is 5.97 Å². The highest BCUT2D eigenvalue weighted by Crippen LogP contribution is 2.20. The molecule has 6 heteroatoms. The van der Waals surface area contributed by atoms with Crippen LogP contribution in [0.4, 0.5) is 4.39 Å². The average molecular weight is 285 g/mol. The minimum Gasteiger partial charge on any atom is -0.478 e. The molecule has 0 aromatic heterocycles. The van der Waals surface area contributed by atoms with Crippen LogP contribution in [-0.4, -0.2) is 11.1 Å². The third kappa shape index (κ3) is 2.67. The smallest absolute Gasteiger partial charge is 0.336 e. The van der Waals surface area contributed by atoms with Crippen molar-refractivity contribution in [3.05, 3.63) is 33.5 Å². The number of carbonyl (C=O) groups is 1. The molecule has 0 spiro atoms. The molecular formula is C8H8BrClFNO2. The van der Waals surface area contributed by atoms with Gasteiger partial charge in [0.2, 0.25) is 0 Å². The normalized spacial score (nSPS) is 9.36. The second-order valence-corrected chi connectivity index (χ2v) is 3.29. The Kier molecular flexibility index (Phi) is 5.04. The Morgan fingerprint density at radius 3 is 2.57 bits per heavy atom. The molecule has 0 aliphatic heterocycles. The topological polar surface area (TPSA) is 63.3 Å². The van der Waals surface area contributed by atoms with Crippen molar-refractivity contribution in [1.82, 2.24) is 0 Å². The largest absolute Gasteiger partial charge is 0.478 e. The fourth-order valence-electron chi connectivity index (χ4n) is 0.956. The number of hydrogen-bond donors (Lipinski definition) is 2. The standard InChI is InChI=1S/C8H7BrFNO2.ClH/c9-6-1-4(3-11)5(8(12)13)2-7(6)10;/h1-2H,3,11H2,(H,12,13);1H. The summed E-state index contributed by atoms with van der Waals surface area (Å²) in [7, 11) is 0. The molecule has 1 aromatic carbocycles. The van der Waals surface area contributed by atoms with Crippen LogP contribution >= 0.6 is 28.3 Å². The Bertz CT molecular complexity index is 359. The molecule has 0 bridgehead atoms. The van der Waals surface area contributed by atoms with E-state index in [9.17, 15) is 9.18 Å².